The van der Waals surface area contributed by atoms with Crippen LogP contribution in [0.1, 0.15) is 12.5 Å². The van der Waals surface area contributed by atoms with E-state index in [0.29, 0.717) is 10.7 Å². The monoisotopic (exact) mass is 443 g/mol. The molecule has 6 nitrogen and oxygen atoms in total. The Kier molecular flexibility index (Phi) is 6.22. The summed E-state index contributed by atoms with van der Waals surface area (Å²) in [5.74, 6) is -0.0947. The molecule has 0 radical (unpaired) electrons. The van der Waals surface area contributed by atoms with Gasteiger partial charge in [-0.3, -0.25) is 4.79 Å². The van der Waals surface area contributed by atoms with Crippen molar-refractivity contribution in [2.75, 3.05) is 43.6 Å². The van der Waals surface area contributed by atoms with Crippen molar-refractivity contribution in [2.45, 2.75) is 24.3 Å². The molecular weight excluding hydrogens is 418 g/mol. The normalized spacial score (nSPS) is 16.1. The minimum atomic E-state index is -0.328. The van der Waals surface area contributed by atoms with E-state index in [1.165, 1.54) is 11.8 Å². The molecule has 4 rings (SSSR count). The Morgan fingerprint density at radius 1 is 1.17 bits per heavy atom. The van der Waals surface area contributed by atoms with E-state index in [9.17, 15) is 4.79 Å². The van der Waals surface area contributed by atoms with Crippen LogP contribution in [0.2, 0.25) is 5.02 Å². The maximum absolute atomic E-state index is 12.9. The van der Waals surface area contributed by atoms with Crippen LogP contribution in [0, 0.1) is 6.92 Å². The fraction of sp³-hybridized carbons (Fsp3) is 0.364. The first-order valence-corrected chi connectivity index (χ1v) is 11.3. The van der Waals surface area contributed by atoms with Crippen molar-refractivity contribution in [1.29, 1.82) is 0 Å². The van der Waals surface area contributed by atoms with Crippen molar-refractivity contribution in [3.63, 3.8) is 0 Å². The maximum atomic E-state index is 12.9. The molecule has 1 saturated heterocycles. The van der Waals surface area contributed by atoms with Gasteiger partial charge in [-0.2, -0.15) is 0 Å². The summed E-state index contributed by atoms with van der Waals surface area (Å²) in [6.07, 6.45) is 0. The zero-order valence-corrected chi connectivity index (χ0v) is 19.0. The second-order valence-corrected chi connectivity index (χ2v) is 9.40. The summed E-state index contributed by atoms with van der Waals surface area (Å²) in [4.78, 5) is 20.0. The predicted molar refractivity (Wildman–Crippen MR) is 125 cm³/mol. The highest BCUT2D eigenvalue weighted by atomic mass is 35.5. The molecule has 1 unspecified atom stereocenters. The van der Waals surface area contributed by atoms with Crippen LogP contribution in [0.5, 0.6) is 0 Å². The number of aryl methyl sites for hydroxylation is 1. The van der Waals surface area contributed by atoms with Crippen molar-refractivity contribution >= 4 is 46.0 Å². The molecule has 158 valence electrons. The molecule has 1 amide bonds. The van der Waals surface area contributed by atoms with E-state index in [4.69, 9.17) is 16.6 Å². The Morgan fingerprint density at radius 3 is 2.63 bits per heavy atom. The molecule has 1 aliphatic rings. The summed E-state index contributed by atoms with van der Waals surface area (Å²) < 4.78 is 2.18. The molecule has 8 heteroatoms. The van der Waals surface area contributed by atoms with Crippen molar-refractivity contribution in [1.82, 2.24) is 14.6 Å². The third-order valence-electron chi connectivity index (χ3n) is 5.30. The maximum Gasteiger partial charge on any atom is 0.237 e. The summed E-state index contributed by atoms with van der Waals surface area (Å²) >= 11 is 7.75. The SMILES string of the molecule is Cc1ccc(NC(=O)C(C)Sc2nc3ccccc3n2N2CCN(C)CC2)c(Cl)c1. The Labute approximate surface area is 186 Å². The van der Waals surface area contributed by atoms with E-state index < -0.39 is 0 Å². The fourth-order valence-corrected chi connectivity index (χ4v) is 4.73. The first kappa shape index (κ1) is 21.0. The zero-order valence-electron chi connectivity index (χ0n) is 17.4. The van der Waals surface area contributed by atoms with Crippen LogP contribution in [0.3, 0.4) is 0 Å². The van der Waals surface area contributed by atoms with Gasteiger partial charge in [-0.25, -0.2) is 9.66 Å². The number of rotatable bonds is 5. The van der Waals surface area contributed by atoms with Crippen LogP contribution in [-0.2, 0) is 4.79 Å². The lowest BCUT2D eigenvalue weighted by Gasteiger charge is -2.35. The molecule has 0 saturated carbocycles. The second-order valence-electron chi connectivity index (χ2n) is 7.68. The van der Waals surface area contributed by atoms with Gasteiger partial charge in [0.25, 0.3) is 0 Å². The number of aromatic nitrogens is 2. The van der Waals surface area contributed by atoms with Crippen molar-refractivity contribution < 1.29 is 4.79 Å². The lowest BCUT2D eigenvalue weighted by molar-refractivity contribution is -0.115. The number of carbonyl (C=O) groups excluding carboxylic acids is 1. The summed E-state index contributed by atoms with van der Waals surface area (Å²) in [5.41, 5.74) is 3.69. The number of piperazine rings is 1. The van der Waals surface area contributed by atoms with Gasteiger partial charge in [-0.1, -0.05) is 41.6 Å². The quantitative estimate of drug-likeness (QED) is 0.604. The number of amides is 1. The highest BCUT2D eigenvalue weighted by Gasteiger charge is 2.24. The Balaban J connectivity index is 1.56. The van der Waals surface area contributed by atoms with Gasteiger partial charge in [-0.15, -0.1) is 0 Å². The van der Waals surface area contributed by atoms with Crippen LogP contribution in [0.4, 0.5) is 5.69 Å². The molecule has 2 heterocycles. The minimum Gasteiger partial charge on any atom is -0.324 e. The smallest absolute Gasteiger partial charge is 0.237 e. The van der Waals surface area contributed by atoms with Gasteiger partial charge >= 0.3 is 0 Å². The molecule has 2 aromatic carbocycles. The number of carbonyl (C=O) groups is 1. The minimum absolute atomic E-state index is 0.0947. The number of imidazole rings is 1. The van der Waals surface area contributed by atoms with Crippen LogP contribution in [0.25, 0.3) is 11.0 Å². The van der Waals surface area contributed by atoms with Gasteiger partial charge in [0.15, 0.2) is 5.16 Å². The first-order chi connectivity index (χ1) is 14.4. The van der Waals surface area contributed by atoms with Gasteiger partial charge in [0.2, 0.25) is 5.91 Å². The number of likely N-dealkylation sites (N-methyl/N-ethyl adjacent to an activating group) is 1. The van der Waals surface area contributed by atoms with Gasteiger partial charge in [0, 0.05) is 26.2 Å². The lowest BCUT2D eigenvalue weighted by Crippen LogP contribution is -2.50. The van der Waals surface area contributed by atoms with Gasteiger partial charge in [-0.05, 0) is 50.7 Å². The predicted octanol–water partition coefficient (Wildman–Crippen LogP) is 4.00. The van der Waals surface area contributed by atoms with E-state index in [-0.39, 0.29) is 11.2 Å². The molecule has 1 N–H and O–H groups in total. The Morgan fingerprint density at radius 2 is 1.90 bits per heavy atom. The highest BCUT2D eigenvalue weighted by Crippen LogP contribution is 2.29. The number of anilines is 1. The molecule has 0 spiro atoms. The molecule has 1 aliphatic heterocycles. The molecular formula is C22H26ClN5OS. The molecule has 1 atom stereocenters. The Hall–Kier alpha value is -2.22. The summed E-state index contributed by atoms with van der Waals surface area (Å²) in [7, 11) is 2.14. The van der Waals surface area contributed by atoms with Crippen LogP contribution >= 0.6 is 23.4 Å². The van der Waals surface area contributed by atoms with Crippen molar-refractivity contribution in [3.05, 3.63) is 53.1 Å². The third-order valence-corrected chi connectivity index (χ3v) is 6.66. The number of fused-ring (bicyclic) bond motifs is 1. The summed E-state index contributed by atoms with van der Waals surface area (Å²) in [6.45, 7) is 7.71. The van der Waals surface area contributed by atoms with Crippen LogP contribution in [0.15, 0.2) is 47.6 Å². The standard InChI is InChI=1S/C22H26ClN5OS/c1-15-8-9-18(17(23)14-15)24-21(29)16(2)30-22-25-19-6-4-5-7-20(19)28(22)27-12-10-26(3)11-13-27/h4-9,14,16H,10-13H2,1-3H3,(H,24,29). The average molecular weight is 444 g/mol. The van der Waals surface area contributed by atoms with Crippen molar-refractivity contribution in [3.8, 4) is 0 Å². The van der Waals surface area contributed by atoms with Gasteiger partial charge in [0.05, 0.1) is 27.0 Å². The largest absolute Gasteiger partial charge is 0.324 e. The van der Waals surface area contributed by atoms with E-state index >= 15 is 0 Å². The number of nitrogens with one attached hydrogen (secondary N) is 1. The molecule has 3 aromatic rings. The number of hydrogen-bond acceptors (Lipinski definition) is 5. The Bertz CT molecular complexity index is 1060. The van der Waals surface area contributed by atoms with Crippen LogP contribution < -0.4 is 10.3 Å². The number of benzene rings is 2. The molecule has 1 aromatic heterocycles. The van der Waals surface area contributed by atoms with Gasteiger partial charge < -0.3 is 15.2 Å². The topological polar surface area (TPSA) is 53.4 Å². The highest BCUT2D eigenvalue weighted by molar-refractivity contribution is 8.00. The van der Waals surface area contributed by atoms with Gasteiger partial charge in [0.1, 0.15) is 0 Å². The van der Waals surface area contributed by atoms with E-state index in [1.54, 1.807) is 0 Å². The number of nitrogens with zero attached hydrogens (tertiary/aromatic N) is 4. The lowest BCUT2D eigenvalue weighted by atomic mass is 10.2. The molecule has 0 aliphatic carbocycles. The number of halogens is 1. The average Bonchev–Trinajstić information content (AvgIpc) is 3.08. The zero-order chi connectivity index (χ0) is 21.3. The summed E-state index contributed by atoms with van der Waals surface area (Å²) in [6, 6.07) is 13.7. The second kappa shape index (κ2) is 8.88. The number of hydrogen-bond donors (Lipinski definition) is 1. The van der Waals surface area contributed by atoms with E-state index in [1.807, 2.05) is 50.2 Å². The summed E-state index contributed by atoms with van der Waals surface area (Å²) in [5, 5.41) is 6.32. The molecule has 0 bridgehead atoms. The third kappa shape index (κ3) is 4.43. The number of para-hydroxylation sites is 2. The number of thioether (sulfide) groups is 1. The van der Waals surface area contributed by atoms with Crippen LogP contribution in [-0.4, -0.2) is 58.9 Å². The fourth-order valence-electron chi connectivity index (χ4n) is 3.50. The molecule has 1 fully saturated rings. The van der Waals surface area contributed by atoms with Crippen molar-refractivity contribution in [2.24, 2.45) is 0 Å². The van der Waals surface area contributed by atoms with E-state index in [2.05, 4.69) is 33.0 Å². The molecule has 30 heavy (non-hydrogen) atoms. The first-order valence-electron chi connectivity index (χ1n) is 10.1. The van der Waals surface area contributed by atoms with E-state index in [0.717, 1.165) is 47.9 Å².